The molecular formula is C14H23N3O2. The second kappa shape index (κ2) is 5.74. The number of aliphatic hydroxyl groups is 1. The quantitative estimate of drug-likeness (QED) is 0.778. The number of aromatic amines is 1. The number of H-pyrrole nitrogens is 1. The van der Waals surface area contributed by atoms with Gasteiger partial charge < -0.3 is 10.4 Å². The number of aromatic nitrogens is 2. The predicted octanol–water partition coefficient (Wildman–Crippen LogP) is 1.96. The molecule has 1 amide bonds. The Morgan fingerprint density at radius 1 is 1.47 bits per heavy atom. The minimum absolute atomic E-state index is 0.0986. The SMILES string of the molecule is CC(C)(CO)NC(=O)c1cc(C2CCCCC2)[nH]n1. The van der Waals surface area contributed by atoms with E-state index in [9.17, 15) is 4.79 Å². The average Bonchev–Trinajstić information content (AvgIpc) is 2.89. The van der Waals surface area contributed by atoms with Gasteiger partial charge in [-0.15, -0.1) is 0 Å². The Hall–Kier alpha value is -1.36. The highest BCUT2D eigenvalue weighted by atomic mass is 16.3. The number of nitrogens with zero attached hydrogens (tertiary/aromatic N) is 1. The topological polar surface area (TPSA) is 78.0 Å². The lowest BCUT2D eigenvalue weighted by Crippen LogP contribution is -2.46. The molecule has 0 bridgehead atoms. The average molecular weight is 265 g/mol. The zero-order chi connectivity index (χ0) is 13.9. The van der Waals surface area contributed by atoms with Crippen LogP contribution in [0, 0.1) is 0 Å². The first-order valence-electron chi connectivity index (χ1n) is 7.00. The van der Waals surface area contributed by atoms with E-state index >= 15 is 0 Å². The molecule has 1 heterocycles. The lowest BCUT2D eigenvalue weighted by atomic mass is 9.87. The van der Waals surface area contributed by atoms with Crippen LogP contribution >= 0.6 is 0 Å². The summed E-state index contributed by atoms with van der Waals surface area (Å²) < 4.78 is 0. The summed E-state index contributed by atoms with van der Waals surface area (Å²) in [5.74, 6) is 0.269. The van der Waals surface area contributed by atoms with E-state index in [1.807, 2.05) is 6.07 Å². The second-order valence-corrected chi connectivity index (χ2v) is 6.04. The van der Waals surface area contributed by atoms with Gasteiger partial charge in [0.1, 0.15) is 5.69 Å². The highest BCUT2D eigenvalue weighted by molar-refractivity contribution is 5.92. The van der Waals surface area contributed by atoms with E-state index in [1.165, 1.54) is 32.1 Å². The number of rotatable bonds is 4. The third-order valence-corrected chi connectivity index (χ3v) is 3.72. The van der Waals surface area contributed by atoms with E-state index in [4.69, 9.17) is 5.11 Å². The summed E-state index contributed by atoms with van der Waals surface area (Å²) in [6, 6.07) is 1.85. The molecule has 1 aliphatic carbocycles. The van der Waals surface area contributed by atoms with Crippen LogP contribution in [0.15, 0.2) is 6.07 Å². The van der Waals surface area contributed by atoms with Crippen LogP contribution in [0.25, 0.3) is 0 Å². The minimum Gasteiger partial charge on any atom is -0.394 e. The van der Waals surface area contributed by atoms with Gasteiger partial charge >= 0.3 is 0 Å². The number of hydrogen-bond donors (Lipinski definition) is 3. The first-order valence-corrected chi connectivity index (χ1v) is 7.00. The van der Waals surface area contributed by atoms with Crippen LogP contribution < -0.4 is 5.32 Å². The van der Waals surface area contributed by atoms with Crippen molar-refractivity contribution in [2.24, 2.45) is 0 Å². The van der Waals surface area contributed by atoms with Gasteiger partial charge in [-0.05, 0) is 32.8 Å². The van der Waals surface area contributed by atoms with E-state index in [2.05, 4.69) is 15.5 Å². The molecule has 0 unspecified atom stereocenters. The van der Waals surface area contributed by atoms with Crippen molar-refractivity contribution in [2.75, 3.05) is 6.61 Å². The molecule has 1 fully saturated rings. The normalized spacial score (nSPS) is 17.4. The Kier molecular flexibility index (Phi) is 4.24. The van der Waals surface area contributed by atoms with Crippen LogP contribution in [0.2, 0.25) is 0 Å². The van der Waals surface area contributed by atoms with E-state index in [0.29, 0.717) is 11.6 Å². The van der Waals surface area contributed by atoms with Crippen LogP contribution in [-0.2, 0) is 0 Å². The van der Waals surface area contributed by atoms with Gasteiger partial charge in [0.15, 0.2) is 0 Å². The summed E-state index contributed by atoms with van der Waals surface area (Å²) in [6.07, 6.45) is 6.16. The number of aliphatic hydroxyl groups excluding tert-OH is 1. The second-order valence-electron chi connectivity index (χ2n) is 6.04. The fourth-order valence-corrected chi connectivity index (χ4v) is 2.49. The summed E-state index contributed by atoms with van der Waals surface area (Å²) in [4.78, 5) is 12.0. The monoisotopic (exact) mass is 265 g/mol. The molecule has 106 valence electrons. The third kappa shape index (κ3) is 3.56. The van der Waals surface area contributed by atoms with Gasteiger partial charge in [0.2, 0.25) is 0 Å². The van der Waals surface area contributed by atoms with Gasteiger partial charge in [-0.2, -0.15) is 5.10 Å². The molecule has 2 rings (SSSR count). The summed E-state index contributed by atoms with van der Waals surface area (Å²) in [7, 11) is 0. The third-order valence-electron chi connectivity index (χ3n) is 3.72. The van der Waals surface area contributed by atoms with Crippen molar-refractivity contribution in [1.82, 2.24) is 15.5 Å². The molecule has 3 N–H and O–H groups in total. The molecule has 5 heteroatoms. The maximum Gasteiger partial charge on any atom is 0.272 e. The molecule has 1 aliphatic rings. The standard InChI is InChI=1S/C14H23N3O2/c1-14(2,9-18)15-13(19)12-8-11(16-17-12)10-6-4-3-5-7-10/h8,10,18H,3-7,9H2,1-2H3,(H,15,19)(H,16,17). The van der Waals surface area contributed by atoms with Gasteiger partial charge in [-0.25, -0.2) is 0 Å². The fraction of sp³-hybridized carbons (Fsp3) is 0.714. The molecule has 0 saturated heterocycles. The highest BCUT2D eigenvalue weighted by Gasteiger charge is 2.23. The number of carbonyl (C=O) groups excluding carboxylic acids is 1. The maximum absolute atomic E-state index is 12.0. The van der Waals surface area contributed by atoms with E-state index in [1.54, 1.807) is 13.8 Å². The van der Waals surface area contributed by atoms with E-state index in [-0.39, 0.29) is 12.5 Å². The largest absolute Gasteiger partial charge is 0.394 e. The number of carbonyl (C=O) groups is 1. The predicted molar refractivity (Wildman–Crippen MR) is 73.0 cm³/mol. The summed E-state index contributed by atoms with van der Waals surface area (Å²) in [5, 5.41) is 19.0. The van der Waals surface area contributed by atoms with Gasteiger partial charge in [0, 0.05) is 11.6 Å². The highest BCUT2D eigenvalue weighted by Crippen LogP contribution is 2.31. The van der Waals surface area contributed by atoms with Crippen LogP contribution in [-0.4, -0.2) is 33.4 Å². The number of amides is 1. The lowest BCUT2D eigenvalue weighted by molar-refractivity contribution is 0.0864. The first kappa shape index (κ1) is 14.1. The summed E-state index contributed by atoms with van der Waals surface area (Å²) in [6.45, 7) is 3.46. The molecule has 0 aromatic carbocycles. The molecule has 1 aromatic heterocycles. The Morgan fingerprint density at radius 3 is 2.79 bits per heavy atom. The van der Waals surface area contributed by atoms with Crippen molar-refractivity contribution in [3.05, 3.63) is 17.5 Å². The van der Waals surface area contributed by atoms with Gasteiger partial charge in [0.05, 0.1) is 12.1 Å². The maximum atomic E-state index is 12.0. The van der Waals surface area contributed by atoms with Gasteiger partial charge in [0.25, 0.3) is 5.91 Å². The molecule has 0 spiro atoms. The Labute approximate surface area is 113 Å². The molecule has 19 heavy (non-hydrogen) atoms. The van der Waals surface area contributed by atoms with Gasteiger partial charge in [-0.1, -0.05) is 19.3 Å². The molecule has 0 atom stereocenters. The molecule has 0 aliphatic heterocycles. The van der Waals surface area contributed by atoms with Crippen LogP contribution in [0.3, 0.4) is 0 Å². The van der Waals surface area contributed by atoms with Crippen molar-refractivity contribution < 1.29 is 9.90 Å². The molecule has 1 aromatic rings. The molecular weight excluding hydrogens is 242 g/mol. The first-order chi connectivity index (χ1) is 9.02. The van der Waals surface area contributed by atoms with Crippen LogP contribution in [0.4, 0.5) is 0 Å². The molecule has 5 nitrogen and oxygen atoms in total. The van der Waals surface area contributed by atoms with Crippen molar-refractivity contribution in [3.63, 3.8) is 0 Å². The van der Waals surface area contributed by atoms with E-state index in [0.717, 1.165) is 5.69 Å². The Morgan fingerprint density at radius 2 is 2.16 bits per heavy atom. The molecule has 1 saturated carbocycles. The van der Waals surface area contributed by atoms with Crippen LogP contribution in [0.1, 0.15) is 68.1 Å². The van der Waals surface area contributed by atoms with Crippen molar-refractivity contribution in [1.29, 1.82) is 0 Å². The molecule has 0 radical (unpaired) electrons. The number of nitrogens with one attached hydrogen (secondary N) is 2. The summed E-state index contributed by atoms with van der Waals surface area (Å²) in [5.41, 5.74) is 0.842. The van der Waals surface area contributed by atoms with Crippen LogP contribution in [0.5, 0.6) is 0 Å². The van der Waals surface area contributed by atoms with Crippen molar-refractivity contribution >= 4 is 5.91 Å². The Balaban J connectivity index is 2.02. The van der Waals surface area contributed by atoms with Gasteiger partial charge in [-0.3, -0.25) is 9.89 Å². The zero-order valence-electron chi connectivity index (χ0n) is 11.7. The lowest BCUT2D eigenvalue weighted by Gasteiger charge is -2.22. The zero-order valence-corrected chi connectivity index (χ0v) is 11.7. The fourth-order valence-electron chi connectivity index (χ4n) is 2.49. The van der Waals surface area contributed by atoms with E-state index < -0.39 is 5.54 Å². The Bertz CT molecular complexity index is 434. The smallest absolute Gasteiger partial charge is 0.272 e. The number of hydrogen-bond acceptors (Lipinski definition) is 3. The minimum atomic E-state index is -0.624. The summed E-state index contributed by atoms with van der Waals surface area (Å²) >= 11 is 0. The van der Waals surface area contributed by atoms with Crippen molar-refractivity contribution in [3.8, 4) is 0 Å². The van der Waals surface area contributed by atoms with Crippen molar-refractivity contribution in [2.45, 2.75) is 57.4 Å².